The van der Waals surface area contributed by atoms with Crippen LogP contribution in [0.4, 0.5) is 0 Å². The fourth-order valence-electron chi connectivity index (χ4n) is 4.81. The molecule has 0 spiro atoms. The Morgan fingerprint density at radius 2 is 2.08 bits per heavy atom. The van der Waals surface area contributed by atoms with Crippen molar-refractivity contribution < 1.29 is 19.1 Å². The summed E-state index contributed by atoms with van der Waals surface area (Å²) in [7, 11) is 1.38. The molecule has 0 aliphatic heterocycles. The maximum Gasteiger partial charge on any atom is 0.337 e. The molecule has 0 saturated heterocycles. The van der Waals surface area contributed by atoms with Crippen LogP contribution in [0.1, 0.15) is 51.7 Å². The molecule has 0 radical (unpaired) electrons. The second-order valence-electron chi connectivity index (χ2n) is 7.09. The summed E-state index contributed by atoms with van der Waals surface area (Å²) in [6, 6.07) is 13.5. The second-order valence-corrected chi connectivity index (χ2v) is 7.09. The summed E-state index contributed by atoms with van der Waals surface area (Å²) in [5, 5.41) is 12.6. The fraction of sp³-hybridized carbons (Fsp3) is 0.286. The Morgan fingerprint density at radius 1 is 1.24 bits per heavy atom. The van der Waals surface area contributed by atoms with Crippen LogP contribution in [-0.2, 0) is 10.3 Å². The predicted octanol–water partition coefficient (Wildman–Crippen LogP) is 4.08. The van der Waals surface area contributed by atoms with Crippen molar-refractivity contribution in [1.82, 2.24) is 0 Å². The lowest BCUT2D eigenvalue weighted by Gasteiger charge is -2.33. The molecule has 1 saturated carbocycles. The summed E-state index contributed by atoms with van der Waals surface area (Å²) in [4.78, 5) is 11.9. The molecule has 5 rings (SSSR count). The number of methoxy groups -OCH3 is 1. The molecule has 0 unspecified atom stereocenters. The highest BCUT2D eigenvalue weighted by Gasteiger charge is 2.55. The van der Waals surface area contributed by atoms with Crippen molar-refractivity contribution in [2.45, 2.75) is 30.3 Å². The monoisotopic (exact) mass is 334 g/mol. The molecule has 2 aliphatic rings. The molecule has 3 aromatic rings. The van der Waals surface area contributed by atoms with Crippen LogP contribution in [0.3, 0.4) is 0 Å². The molecular weight excluding hydrogens is 316 g/mol. The molecule has 126 valence electrons. The Balaban J connectivity index is 1.64. The summed E-state index contributed by atoms with van der Waals surface area (Å²) in [5.41, 5.74) is 3.52. The molecule has 0 amide bonds. The number of furan rings is 1. The SMILES string of the molecule is COC(=O)c1ccc2c(c1)[C@@H]1C[C@H]2C[C@@]1(O)c1coc2ccccc12. The lowest BCUT2D eigenvalue weighted by atomic mass is 9.75. The Bertz CT molecular complexity index is 1000. The van der Waals surface area contributed by atoms with E-state index in [1.54, 1.807) is 6.26 Å². The van der Waals surface area contributed by atoms with Gasteiger partial charge in [0.25, 0.3) is 0 Å². The van der Waals surface area contributed by atoms with Gasteiger partial charge in [-0.3, -0.25) is 0 Å². The summed E-state index contributed by atoms with van der Waals surface area (Å²) in [6.45, 7) is 0. The van der Waals surface area contributed by atoms with Crippen molar-refractivity contribution in [3.63, 3.8) is 0 Å². The Labute approximate surface area is 145 Å². The number of carbonyl (C=O) groups excluding carboxylic acids is 1. The van der Waals surface area contributed by atoms with Gasteiger partial charge in [-0.25, -0.2) is 4.79 Å². The lowest BCUT2D eigenvalue weighted by molar-refractivity contribution is 0.0215. The van der Waals surface area contributed by atoms with Gasteiger partial charge >= 0.3 is 5.97 Å². The smallest absolute Gasteiger partial charge is 0.337 e. The molecule has 1 fully saturated rings. The van der Waals surface area contributed by atoms with Crippen molar-refractivity contribution in [2.24, 2.45) is 0 Å². The molecular formula is C21H18O4. The number of hydrogen-bond donors (Lipinski definition) is 1. The summed E-state index contributed by atoms with van der Waals surface area (Å²) in [6.07, 6.45) is 3.27. The number of benzene rings is 2. The first-order valence-corrected chi connectivity index (χ1v) is 8.53. The second kappa shape index (κ2) is 4.96. The minimum absolute atomic E-state index is 0.0295. The fourth-order valence-corrected chi connectivity index (χ4v) is 4.81. The highest BCUT2D eigenvalue weighted by molar-refractivity contribution is 5.90. The first-order chi connectivity index (χ1) is 12.1. The van der Waals surface area contributed by atoms with Gasteiger partial charge in [0.2, 0.25) is 0 Å². The average molecular weight is 334 g/mol. The largest absolute Gasteiger partial charge is 0.465 e. The first-order valence-electron chi connectivity index (χ1n) is 8.53. The van der Waals surface area contributed by atoms with Crippen LogP contribution in [-0.4, -0.2) is 18.2 Å². The molecule has 2 bridgehead atoms. The average Bonchev–Trinajstić information content (AvgIpc) is 3.32. The number of aliphatic hydroxyl groups is 1. The maximum atomic E-state index is 11.9. The van der Waals surface area contributed by atoms with E-state index in [-0.39, 0.29) is 11.9 Å². The highest BCUT2D eigenvalue weighted by Crippen LogP contribution is 2.62. The summed E-state index contributed by atoms with van der Waals surface area (Å²) in [5.74, 6) is -0.0636. The molecule has 4 nitrogen and oxygen atoms in total. The van der Waals surface area contributed by atoms with Crippen LogP contribution >= 0.6 is 0 Å². The van der Waals surface area contributed by atoms with E-state index in [2.05, 4.69) is 0 Å². The van der Waals surface area contributed by atoms with Crippen molar-refractivity contribution in [3.8, 4) is 0 Å². The summed E-state index contributed by atoms with van der Waals surface area (Å²) < 4.78 is 10.5. The van der Waals surface area contributed by atoms with Gasteiger partial charge < -0.3 is 14.3 Å². The number of ether oxygens (including phenoxy) is 1. The van der Waals surface area contributed by atoms with Gasteiger partial charge in [-0.1, -0.05) is 24.3 Å². The minimum atomic E-state index is -0.959. The number of rotatable bonds is 2. The van der Waals surface area contributed by atoms with E-state index in [0.717, 1.165) is 28.5 Å². The van der Waals surface area contributed by atoms with Crippen LogP contribution in [0.2, 0.25) is 0 Å². The van der Waals surface area contributed by atoms with E-state index in [4.69, 9.17) is 9.15 Å². The van der Waals surface area contributed by atoms with E-state index in [9.17, 15) is 9.90 Å². The third-order valence-electron chi connectivity index (χ3n) is 5.92. The minimum Gasteiger partial charge on any atom is -0.465 e. The van der Waals surface area contributed by atoms with Crippen molar-refractivity contribution in [3.05, 3.63) is 71.0 Å². The topological polar surface area (TPSA) is 59.7 Å². The van der Waals surface area contributed by atoms with E-state index in [1.807, 2.05) is 42.5 Å². The molecule has 1 heterocycles. The molecule has 1 N–H and O–H groups in total. The standard InChI is InChI=1S/C21H18O4/c1-24-20(22)12-6-7-14-13-9-17(16(14)8-12)21(23,10-13)18-11-25-19-5-3-2-4-15(18)19/h2-8,11,13,17,23H,9-10H2,1H3/t13-,17-,21-/m0/s1. The van der Waals surface area contributed by atoms with Crippen molar-refractivity contribution in [1.29, 1.82) is 0 Å². The molecule has 2 aliphatic carbocycles. The zero-order chi connectivity index (χ0) is 17.2. The van der Waals surface area contributed by atoms with Gasteiger partial charge in [-0.15, -0.1) is 0 Å². The molecule has 4 heteroatoms. The third-order valence-corrected chi connectivity index (χ3v) is 5.92. The zero-order valence-corrected chi connectivity index (χ0v) is 13.9. The normalized spacial score (nSPS) is 26.8. The van der Waals surface area contributed by atoms with Crippen LogP contribution in [0.15, 0.2) is 53.1 Å². The van der Waals surface area contributed by atoms with Crippen molar-refractivity contribution in [2.75, 3.05) is 7.11 Å². The van der Waals surface area contributed by atoms with Gasteiger partial charge in [-0.05, 0) is 48.1 Å². The van der Waals surface area contributed by atoms with Crippen LogP contribution in [0.25, 0.3) is 11.0 Å². The van der Waals surface area contributed by atoms with Gasteiger partial charge in [0.1, 0.15) is 11.2 Å². The number of esters is 1. The molecule has 25 heavy (non-hydrogen) atoms. The summed E-state index contributed by atoms with van der Waals surface area (Å²) >= 11 is 0. The van der Waals surface area contributed by atoms with E-state index >= 15 is 0 Å². The van der Waals surface area contributed by atoms with Crippen LogP contribution in [0, 0.1) is 0 Å². The Kier molecular flexibility index (Phi) is 2.92. The quantitative estimate of drug-likeness (QED) is 0.717. The Hall–Kier alpha value is -2.59. The lowest BCUT2D eigenvalue weighted by Crippen LogP contribution is -2.31. The molecule has 3 atom stereocenters. The van der Waals surface area contributed by atoms with Gasteiger partial charge in [0.15, 0.2) is 0 Å². The predicted molar refractivity (Wildman–Crippen MR) is 92.6 cm³/mol. The first kappa shape index (κ1) is 14.7. The highest BCUT2D eigenvalue weighted by atomic mass is 16.5. The van der Waals surface area contributed by atoms with E-state index < -0.39 is 5.60 Å². The number of para-hydroxylation sites is 1. The molecule has 1 aromatic heterocycles. The van der Waals surface area contributed by atoms with Crippen molar-refractivity contribution >= 4 is 16.9 Å². The van der Waals surface area contributed by atoms with Gasteiger partial charge in [-0.2, -0.15) is 0 Å². The van der Waals surface area contributed by atoms with Crippen LogP contribution in [0.5, 0.6) is 0 Å². The zero-order valence-electron chi connectivity index (χ0n) is 13.9. The van der Waals surface area contributed by atoms with Gasteiger partial charge in [0, 0.05) is 16.9 Å². The Morgan fingerprint density at radius 3 is 2.92 bits per heavy atom. The number of carbonyl (C=O) groups is 1. The van der Waals surface area contributed by atoms with Gasteiger partial charge in [0.05, 0.1) is 18.9 Å². The molecule has 2 aromatic carbocycles. The van der Waals surface area contributed by atoms with E-state index in [0.29, 0.717) is 17.9 Å². The number of hydrogen-bond acceptors (Lipinski definition) is 4. The third kappa shape index (κ3) is 1.89. The number of fused-ring (bicyclic) bond motifs is 6. The van der Waals surface area contributed by atoms with E-state index in [1.165, 1.54) is 12.7 Å². The van der Waals surface area contributed by atoms with Crippen LogP contribution < -0.4 is 0 Å². The maximum absolute atomic E-state index is 11.9.